The fourth-order valence-corrected chi connectivity index (χ4v) is 1.82. The normalized spacial score (nSPS) is 10.3. The first-order valence-electron chi connectivity index (χ1n) is 4.75. The van der Waals surface area contributed by atoms with E-state index in [1.54, 1.807) is 36.4 Å². The summed E-state index contributed by atoms with van der Waals surface area (Å²) in [4.78, 5) is 0. The van der Waals surface area contributed by atoms with Crippen molar-refractivity contribution in [3.05, 3.63) is 51.5 Å². The Bertz CT molecular complexity index is 540. The van der Waals surface area contributed by atoms with Gasteiger partial charge in [0.25, 0.3) is 0 Å². The predicted molar refractivity (Wildman–Crippen MR) is 72.4 cm³/mol. The van der Waals surface area contributed by atoms with Gasteiger partial charge in [0.1, 0.15) is 16.5 Å². The minimum atomic E-state index is 0.279. The second-order valence-electron chi connectivity index (χ2n) is 3.34. The minimum Gasteiger partial charge on any atom is -0.456 e. The number of ether oxygens (including phenoxy) is 1. The van der Waals surface area contributed by atoms with Crippen LogP contribution in [0.2, 0.25) is 15.1 Å². The quantitative estimate of drug-likeness (QED) is 0.622. The first-order chi connectivity index (χ1) is 8.08. The monoisotopic (exact) mass is 287 g/mol. The Kier molecular flexibility index (Phi) is 3.67. The predicted octanol–water partition coefficient (Wildman–Crippen LogP) is 5.02. The van der Waals surface area contributed by atoms with Crippen molar-refractivity contribution in [3.8, 4) is 11.5 Å². The summed E-state index contributed by atoms with van der Waals surface area (Å²) in [7, 11) is 0. The highest BCUT2D eigenvalue weighted by molar-refractivity contribution is 6.48. The van der Waals surface area contributed by atoms with E-state index in [2.05, 4.69) is 0 Å². The second kappa shape index (κ2) is 5.05. The van der Waals surface area contributed by atoms with E-state index >= 15 is 0 Å². The number of hydrogen-bond donors (Lipinski definition) is 1. The van der Waals surface area contributed by atoms with Gasteiger partial charge in [0.15, 0.2) is 0 Å². The van der Waals surface area contributed by atoms with Crippen molar-refractivity contribution in [3.63, 3.8) is 0 Å². The maximum absolute atomic E-state index is 6.01. The fraction of sp³-hybridized carbons (Fsp3) is 0. The van der Waals surface area contributed by atoms with E-state index in [0.717, 1.165) is 0 Å². The highest BCUT2D eigenvalue weighted by Crippen LogP contribution is 2.39. The number of halogens is 3. The highest BCUT2D eigenvalue weighted by atomic mass is 35.5. The third-order valence-electron chi connectivity index (χ3n) is 2.11. The molecule has 0 aliphatic carbocycles. The molecule has 0 saturated carbocycles. The van der Waals surface area contributed by atoms with Crippen LogP contribution in [0.25, 0.3) is 0 Å². The van der Waals surface area contributed by atoms with Crippen molar-refractivity contribution < 1.29 is 4.74 Å². The maximum Gasteiger partial charge on any atom is 0.147 e. The van der Waals surface area contributed by atoms with Crippen molar-refractivity contribution in [1.29, 1.82) is 0 Å². The van der Waals surface area contributed by atoms with Gasteiger partial charge < -0.3 is 10.5 Å². The van der Waals surface area contributed by atoms with Crippen LogP contribution in [0.3, 0.4) is 0 Å². The van der Waals surface area contributed by atoms with E-state index in [0.29, 0.717) is 22.2 Å². The van der Waals surface area contributed by atoms with Gasteiger partial charge in [0.05, 0.1) is 10.0 Å². The molecule has 0 atom stereocenters. The zero-order valence-corrected chi connectivity index (χ0v) is 10.9. The summed E-state index contributed by atoms with van der Waals surface area (Å²) in [6, 6.07) is 10.2. The first kappa shape index (κ1) is 12.4. The number of anilines is 1. The van der Waals surface area contributed by atoms with E-state index in [9.17, 15) is 0 Å². The molecule has 2 aromatic rings. The summed E-state index contributed by atoms with van der Waals surface area (Å²) >= 11 is 17.7. The van der Waals surface area contributed by atoms with Crippen LogP contribution in [0.4, 0.5) is 5.69 Å². The Labute approximate surface area is 114 Å². The number of benzene rings is 2. The van der Waals surface area contributed by atoms with Crippen molar-refractivity contribution in [1.82, 2.24) is 0 Å². The van der Waals surface area contributed by atoms with Gasteiger partial charge >= 0.3 is 0 Å². The molecule has 2 N–H and O–H groups in total. The van der Waals surface area contributed by atoms with Gasteiger partial charge in [0, 0.05) is 5.69 Å². The summed E-state index contributed by atoms with van der Waals surface area (Å²) in [5.74, 6) is 1.07. The molecule has 0 spiro atoms. The summed E-state index contributed by atoms with van der Waals surface area (Å²) in [6.45, 7) is 0. The molecular formula is C12H8Cl3NO. The van der Waals surface area contributed by atoms with E-state index in [1.165, 1.54) is 0 Å². The molecule has 17 heavy (non-hydrogen) atoms. The van der Waals surface area contributed by atoms with E-state index in [-0.39, 0.29) is 10.0 Å². The third-order valence-corrected chi connectivity index (χ3v) is 3.38. The molecular weight excluding hydrogens is 280 g/mol. The number of nitrogens with two attached hydrogens (primary N) is 1. The average Bonchev–Trinajstić information content (AvgIpc) is 2.33. The lowest BCUT2D eigenvalue weighted by Crippen LogP contribution is -1.88. The topological polar surface area (TPSA) is 35.2 Å². The largest absolute Gasteiger partial charge is 0.456 e. The van der Waals surface area contributed by atoms with Gasteiger partial charge in [-0.25, -0.2) is 0 Å². The van der Waals surface area contributed by atoms with Gasteiger partial charge in [-0.05, 0) is 36.4 Å². The second-order valence-corrected chi connectivity index (χ2v) is 4.51. The number of hydrogen-bond acceptors (Lipinski definition) is 2. The molecule has 0 bridgehead atoms. The molecule has 2 nitrogen and oxygen atoms in total. The molecule has 0 aliphatic rings. The summed E-state index contributed by atoms with van der Waals surface area (Å²) in [5.41, 5.74) is 6.24. The van der Waals surface area contributed by atoms with Gasteiger partial charge in [-0.3, -0.25) is 0 Å². The van der Waals surface area contributed by atoms with Crippen molar-refractivity contribution >= 4 is 40.5 Å². The first-order valence-corrected chi connectivity index (χ1v) is 5.88. The SMILES string of the molecule is Nc1ccc(Oc2ccc(Cl)c(Cl)c2Cl)cc1. The Morgan fingerprint density at radius 2 is 1.47 bits per heavy atom. The Balaban J connectivity index is 2.30. The van der Waals surface area contributed by atoms with Crippen LogP contribution in [0.15, 0.2) is 36.4 Å². The molecule has 88 valence electrons. The van der Waals surface area contributed by atoms with Gasteiger partial charge in [-0.1, -0.05) is 34.8 Å². The lowest BCUT2D eigenvalue weighted by Gasteiger charge is -2.09. The molecule has 0 aliphatic heterocycles. The van der Waals surface area contributed by atoms with Crippen molar-refractivity contribution in [2.45, 2.75) is 0 Å². The van der Waals surface area contributed by atoms with E-state index in [1.807, 2.05) is 0 Å². The van der Waals surface area contributed by atoms with Crippen LogP contribution < -0.4 is 10.5 Å². The summed E-state index contributed by atoms with van der Waals surface area (Å²) < 4.78 is 5.57. The Morgan fingerprint density at radius 1 is 0.824 bits per heavy atom. The molecule has 2 aromatic carbocycles. The van der Waals surface area contributed by atoms with Gasteiger partial charge in [-0.15, -0.1) is 0 Å². The third kappa shape index (κ3) is 2.78. The molecule has 0 amide bonds. The van der Waals surface area contributed by atoms with E-state index < -0.39 is 0 Å². The Morgan fingerprint density at radius 3 is 2.12 bits per heavy atom. The smallest absolute Gasteiger partial charge is 0.147 e. The molecule has 0 fully saturated rings. The van der Waals surface area contributed by atoms with Crippen LogP contribution in [0.1, 0.15) is 0 Å². The zero-order chi connectivity index (χ0) is 12.4. The lowest BCUT2D eigenvalue weighted by atomic mass is 10.3. The minimum absolute atomic E-state index is 0.279. The summed E-state index contributed by atoms with van der Waals surface area (Å²) in [5, 5.41) is 0.957. The lowest BCUT2D eigenvalue weighted by molar-refractivity contribution is 0.483. The molecule has 5 heteroatoms. The van der Waals surface area contributed by atoms with Gasteiger partial charge in [-0.2, -0.15) is 0 Å². The Hall–Kier alpha value is -1.09. The molecule has 0 unspecified atom stereocenters. The highest BCUT2D eigenvalue weighted by Gasteiger charge is 2.10. The standard InChI is InChI=1S/C12H8Cl3NO/c13-9-5-6-10(12(15)11(9)14)17-8-3-1-7(16)2-4-8/h1-6H,16H2. The fourth-order valence-electron chi connectivity index (χ4n) is 1.25. The summed E-state index contributed by atoms with van der Waals surface area (Å²) in [6.07, 6.45) is 0. The van der Waals surface area contributed by atoms with Crippen LogP contribution >= 0.6 is 34.8 Å². The molecule has 0 heterocycles. The van der Waals surface area contributed by atoms with Crippen molar-refractivity contribution in [2.75, 3.05) is 5.73 Å². The number of nitrogen functional groups attached to an aromatic ring is 1. The van der Waals surface area contributed by atoms with Crippen LogP contribution in [0, 0.1) is 0 Å². The van der Waals surface area contributed by atoms with Crippen LogP contribution in [-0.2, 0) is 0 Å². The van der Waals surface area contributed by atoms with Gasteiger partial charge in [0.2, 0.25) is 0 Å². The van der Waals surface area contributed by atoms with Crippen molar-refractivity contribution in [2.24, 2.45) is 0 Å². The van der Waals surface area contributed by atoms with Crippen LogP contribution in [0.5, 0.6) is 11.5 Å². The molecule has 0 aromatic heterocycles. The van der Waals surface area contributed by atoms with E-state index in [4.69, 9.17) is 45.3 Å². The maximum atomic E-state index is 6.01. The molecule has 0 radical (unpaired) electrons. The average molecular weight is 289 g/mol. The molecule has 2 rings (SSSR count). The zero-order valence-electron chi connectivity index (χ0n) is 8.58. The van der Waals surface area contributed by atoms with Crippen LogP contribution in [-0.4, -0.2) is 0 Å². The molecule has 0 saturated heterocycles. The number of rotatable bonds is 2.